The Morgan fingerprint density at radius 1 is 1.00 bits per heavy atom. The minimum absolute atomic E-state index is 0.0332. The third kappa shape index (κ3) is 3.12. The summed E-state index contributed by atoms with van der Waals surface area (Å²) in [7, 11) is 0. The van der Waals surface area contributed by atoms with Gasteiger partial charge in [0.2, 0.25) is 6.71 Å². The first-order chi connectivity index (χ1) is 9.43. The molecule has 2 aromatic carbocycles. The highest BCUT2D eigenvalue weighted by Crippen LogP contribution is 2.27. The minimum Gasteiger partial charge on any atom is -0.208 e. The molecule has 20 heavy (non-hydrogen) atoms. The van der Waals surface area contributed by atoms with Crippen molar-refractivity contribution >= 4 is 17.6 Å². The molecule has 0 saturated carbocycles. The summed E-state index contributed by atoms with van der Waals surface area (Å²) < 4.78 is 14.2. The number of halogens is 1. The van der Waals surface area contributed by atoms with Crippen LogP contribution < -0.4 is 10.9 Å². The van der Waals surface area contributed by atoms with Crippen LogP contribution in [-0.2, 0) is 6.42 Å². The summed E-state index contributed by atoms with van der Waals surface area (Å²) in [6.45, 7) is 8.72. The number of hydrogen-bond donors (Lipinski definition) is 0. The summed E-state index contributed by atoms with van der Waals surface area (Å²) in [6, 6.07) is 15.7. The minimum atomic E-state index is -0.116. The largest absolute Gasteiger partial charge is 0.218 e. The highest BCUT2D eigenvalue weighted by molar-refractivity contribution is 6.87. The average Bonchev–Trinajstić information content (AvgIpc) is 2.40. The zero-order chi connectivity index (χ0) is 14.8. The summed E-state index contributed by atoms with van der Waals surface area (Å²) in [6.07, 6.45) is 1.00. The third-order valence-corrected chi connectivity index (χ3v) is 3.77. The molecule has 0 spiro atoms. The number of benzene rings is 2. The van der Waals surface area contributed by atoms with Crippen molar-refractivity contribution in [2.45, 2.75) is 39.4 Å². The molecule has 0 aliphatic rings. The van der Waals surface area contributed by atoms with Crippen LogP contribution in [0.1, 0.15) is 33.3 Å². The van der Waals surface area contributed by atoms with E-state index in [4.69, 9.17) is 0 Å². The summed E-state index contributed by atoms with van der Waals surface area (Å²) in [4.78, 5) is 0. The number of aryl methyl sites for hydroxylation is 1. The van der Waals surface area contributed by atoms with Crippen molar-refractivity contribution < 1.29 is 4.39 Å². The number of rotatable bonds is 3. The van der Waals surface area contributed by atoms with Gasteiger partial charge in [-0.1, -0.05) is 75.6 Å². The molecule has 0 aliphatic heterocycles. The molecule has 0 fully saturated rings. The van der Waals surface area contributed by atoms with Crippen molar-refractivity contribution in [3.05, 3.63) is 59.9 Å². The molecule has 0 heterocycles. The van der Waals surface area contributed by atoms with E-state index >= 15 is 0 Å². The van der Waals surface area contributed by atoms with Crippen LogP contribution in [0, 0.1) is 5.82 Å². The van der Waals surface area contributed by atoms with E-state index in [9.17, 15) is 4.39 Å². The van der Waals surface area contributed by atoms with Crippen LogP contribution in [0.3, 0.4) is 0 Å². The number of hydrogen-bond acceptors (Lipinski definition) is 0. The van der Waals surface area contributed by atoms with Crippen molar-refractivity contribution in [3.63, 3.8) is 0 Å². The normalized spacial score (nSPS) is 11.4. The Balaban J connectivity index is 2.57. The predicted octanol–water partition coefficient (Wildman–Crippen LogP) is 3.80. The lowest BCUT2D eigenvalue weighted by Gasteiger charge is -2.29. The molecule has 0 nitrogen and oxygen atoms in total. The van der Waals surface area contributed by atoms with E-state index in [1.54, 1.807) is 12.1 Å². The zero-order valence-electron chi connectivity index (χ0n) is 12.8. The maximum Gasteiger partial charge on any atom is 0.218 e. The Morgan fingerprint density at radius 2 is 1.70 bits per heavy atom. The Bertz CT molecular complexity index is 584. The van der Waals surface area contributed by atoms with Gasteiger partial charge >= 0.3 is 0 Å². The van der Waals surface area contributed by atoms with E-state index in [1.165, 1.54) is 11.0 Å². The van der Waals surface area contributed by atoms with Crippen LogP contribution in [0.2, 0.25) is 5.31 Å². The second-order valence-corrected chi connectivity index (χ2v) is 6.42. The van der Waals surface area contributed by atoms with Crippen molar-refractivity contribution in [3.8, 4) is 0 Å². The Kier molecular flexibility index (Phi) is 4.32. The molecule has 0 atom stereocenters. The van der Waals surface area contributed by atoms with Gasteiger partial charge in [0.25, 0.3) is 0 Å². The lowest BCUT2D eigenvalue weighted by molar-refractivity contribution is 0.633. The topological polar surface area (TPSA) is 0 Å². The molecule has 0 aromatic heterocycles. The molecule has 2 heteroatoms. The second-order valence-electron chi connectivity index (χ2n) is 6.42. The van der Waals surface area contributed by atoms with Crippen LogP contribution in [0.4, 0.5) is 4.39 Å². The molecular weight excluding hydrogens is 246 g/mol. The summed E-state index contributed by atoms with van der Waals surface area (Å²) in [5, 5.41) is -0.0332. The van der Waals surface area contributed by atoms with Gasteiger partial charge in [0, 0.05) is 0 Å². The molecule has 2 rings (SSSR count). The van der Waals surface area contributed by atoms with Gasteiger partial charge in [0.15, 0.2) is 0 Å². The van der Waals surface area contributed by atoms with Crippen molar-refractivity contribution in [2.24, 2.45) is 0 Å². The maximum absolute atomic E-state index is 14.2. The molecule has 0 radical (unpaired) electrons. The van der Waals surface area contributed by atoms with Crippen LogP contribution in [0.5, 0.6) is 0 Å². The fourth-order valence-corrected chi connectivity index (χ4v) is 2.85. The third-order valence-electron chi connectivity index (χ3n) is 3.77. The predicted molar refractivity (Wildman–Crippen MR) is 87.0 cm³/mol. The SMILES string of the molecule is CCc1cccc(B(c2ccccc2F)C(C)(C)C)c1. The Labute approximate surface area is 122 Å². The van der Waals surface area contributed by atoms with Gasteiger partial charge in [0.1, 0.15) is 5.82 Å². The van der Waals surface area contributed by atoms with E-state index < -0.39 is 0 Å². The van der Waals surface area contributed by atoms with Gasteiger partial charge in [0.05, 0.1) is 0 Å². The van der Waals surface area contributed by atoms with Gasteiger partial charge in [-0.15, -0.1) is 0 Å². The molecular formula is C18H22BF. The molecule has 0 amide bonds. The molecule has 104 valence electrons. The molecule has 2 aromatic rings. The summed E-state index contributed by atoms with van der Waals surface area (Å²) in [5.41, 5.74) is 3.28. The van der Waals surface area contributed by atoms with E-state index in [0.29, 0.717) is 0 Å². The smallest absolute Gasteiger partial charge is 0.208 e. The summed E-state index contributed by atoms with van der Waals surface area (Å²) in [5.74, 6) is -0.116. The van der Waals surface area contributed by atoms with Gasteiger partial charge in [-0.05, 0) is 28.8 Å². The zero-order valence-corrected chi connectivity index (χ0v) is 12.8. The molecule has 0 N–H and O–H groups in total. The first-order valence-electron chi connectivity index (χ1n) is 7.26. The highest BCUT2D eigenvalue weighted by atomic mass is 19.1. The molecule has 0 unspecified atom stereocenters. The molecule has 0 aliphatic carbocycles. The first kappa shape index (κ1) is 14.8. The average molecular weight is 268 g/mol. The summed E-state index contributed by atoms with van der Waals surface area (Å²) >= 11 is 0. The quantitative estimate of drug-likeness (QED) is 0.743. The lowest BCUT2D eigenvalue weighted by Crippen LogP contribution is -2.50. The van der Waals surface area contributed by atoms with E-state index in [0.717, 1.165) is 11.9 Å². The molecule has 0 bridgehead atoms. The standard InChI is InChI=1S/C18H22BF/c1-5-14-9-8-10-15(13-14)19(18(2,3)4)16-11-6-7-12-17(16)20/h6-13H,5H2,1-4H3. The monoisotopic (exact) mass is 268 g/mol. The first-order valence-corrected chi connectivity index (χ1v) is 7.26. The second kappa shape index (κ2) is 5.82. The van der Waals surface area contributed by atoms with E-state index in [-0.39, 0.29) is 17.8 Å². The van der Waals surface area contributed by atoms with Gasteiger partial charge < -0.3 is 0 Å². The maximum atomic E-state index is 14.2. The Morgan fingerprint density at radius 3 is 2.30 bits per heavy atom. The van der Waals surface area contributed by atoms with Gasteiger partial charge in [-0.3, -0.25) is 0 Å². The van der Waals surface area contributed by atoms with Crippen molar-refractivity contribution in [2.75, 3.05) is 0 Å². The van der Waals surface area contributed by atoms with Gasteiger partial charge in [-0.2, -0.15) is 0 Å². The van der Waals surface area contributed by atoms with E-state index in [1.807, 2.05) is 12.1 Å². The van der Waals surface area contributed by atoms with Crippen molar-refractivity contribution in [1.29, 1.82) is 0 Å². The van der Waals surface area contributed by atoms with Crippen LogP contribution >= 0.6 is 0 Å². The molecule has 0 saturated heterocycles. The fourth-order valence-electron chi connectivity index (χ4n) is 2.85. The Hall–Kier alpha value is -1.57. The highest BCUT2D eigenvalue weighted by Gasteiger charge is 2.33. The van der Waals surface area contributed by atoms with Crippen LogP contribution in [0.25, 0.3) is 0 Å². The van der Waals surface area contributed by atoms with Crippen molar-refractivity contribution in [1.82, 2.24) is 0 Å². The van der Waals surface area contributed by atoms with Gasteiger partial charge in [-0.25, -0.2) is 4.39 Å². The van der Waals surface area contributed by atoms with Crippen LogP contribution in [0.15, 0.2) is 48.5 Å². The van der Waals surface area contributed by atoms with Crippen LogP contribution in [-0.4, -0.2) is 6.71 Å². The fraction of sp³-hybridized carbons (Fsp3) is 0.333. The van der Waals surface area contributed by atoms with E-state index in [2.05, 4.69) is 52.0 Å². The lowest BCUT2D eigenvalue weighted by atomic mass is 9.28.